The molecule has 0 aliphatic carbocycles. The molecule has 3 nitrogen and oxygen atoms in total. The highest BCUT2D eigenvalue weighted by Crippen LogP contribution is 2.20. The van der Waals surface area contributed by atoms with Gasteiger partial charge in [0.05, 0.1) is 13.7 Å². The van der Waals surface area contributed by atoms with Gasteiger partial charge in [-0.2, -0.15) is 4.37 Å². The monoisotopic (exact) mass is 314 g/mol. The van der Waals surface area contributed by atoms with Crippen LogP contribution < -0.4 is 9.41 Å². The van der Waals surface area contributed by atoms with Crippen molar-refractivity contribution in [2.24, 2.45) is 4.99 Å². The first kappa shape index (κ1) is 14.0. The molecule has 0 aliphatic heterocycles. The molecule has 0 saturated carbocycles. The maximum absolute atomic E-state index is 5.18. The number of hydrogen-bond donors (Lipinski definition) is 0. The standard InChI is InChI=1S/C16H14N2OS2/c1-19-14-9-7-13(8-10-14)15-16(20-21-18-15)17-11-12-5-3-2-4-6-12/h2-10H,11H2,1H3. The van der Waals surface area contributed by atoms with E-state index in [0.29, 0.717) is 6.54 Å². The Bertz CT molecular complexity index is 761. The van der Waals surface area contributed by atoms with Crippen molar-refractivity contribution >= 4 is 20.9 Å². The van der Waals surface area contributed by atoms with E-state index in [-0.39, 0.29) is 0 Å². The van der Waals surface area contributed by atoms with Crippen LogP contribution in [0.3, 0.4) is 0 Å². The van der Waals surface area contributed by atoms with Crippen LogP contribution in [-0.4, -0.2) is 11.5 Å². The lowest BCUT2D eigenvalue weighted by molar-refractivity contribution is 0.415. The van der Waals surface area contributed by atoms with Crippen molar-refractivity contribution in [3.8, 4) is 17.0 Å². The van der Waals surface area contributed by atoms with Gasteiger partial charge >= 0.3 is 0 Å². The van der Waals surface area contributed by atoms with Gasteiger partial charge in [-0.15, -0.1) is 0 Å². The molecule has 5 heteroatoms. The van der Waals surface area contributed by atoms with E-state index in [9.17, 15) is 0 Å². The molecule has 0 atom stereocenters. The summed E-state index contributed by atoms with van der Waals surface area (Å²) in [6.45, 7) is 0.679. The van der Waals surface area contributed by atoms with Gasteiger partial charge in [-0.1, -0.05) is 30.3 Å². The predicted molar refractivity (Wildman–Crippen MR) is 87.7 cm³/mol. The summed E-state index contributed by atoms with van der Waals surface area (Å²) in [7, 11) is 4.75. The van der Waals surface area contributed by atoms with Gasteiger partial charge in [-0.25, -0.2) is 0 Å². The number of rotatable bonds is 4. The van der Waals surface area contributed by atoms with E-state index in [2.05, 4.69) is 16.5 Å². The summed E-state index contributed by atoms with van der Waals surface area (Å²) in [6, 6.07) is 18.2. The molecule has 3 aromatic rings. The molecule has 0 bridgehead atoms. The van der Waals surface area contributed by atoms with E-state index in [0.717, 1.165) is 21.7 Å². The minimum atomic E-state index is 0.679. The van der Waals surface area contributed by atoms with Gasteiger partial charge in [0.2, 0.25) is 0 Å². The Balaban J connectivity index is 1.89. The molecule has 0 N–H and O–H groups in total. The second-order valence-electron chi connectivity index (χ2n) is 4.43. The fourth-order valence-corrected chi connectivity index (χ4v) is 3.68. The van der Waals surface area contributed by atoms with Crippen molar-refractivity contribution in [2.45, 2.75) is 6.54 Å². The van der Waals surface area contributed by atoms with Crippen molar-refractivity contribution in [1.29, 1.82) is 0 Å². The lowest BCUT2D eigenvalue weighted by Gasteiger charge is -2.00. The number of nitrogens with zero attached hydrogens (tertiary/aromatic N) is 2. The van der Waals surface area contributed by atoms with Crippen molar-refractivity contribution in [1.82, 2.24) is 4.37 Å². The summed E-state index contributed by atoms with van der Waals surface area (Å²) in [5.74, 6) is 0.848. The molecule has 1 aromatic heterocycles. The maximum atomic E-state index is 5.18. The summed E-state index contributed by atoms with van der Waals surface area (Å²) < 4.78 is 10.6. The van der Waals surface area contributed by atoms with Crippen molar-refractivity contribution in [3.05, 3.63) is 64.8 Å². The second kappa shape index (κ2) is 6.65. The first-order valence-electron chi connectivity index (χ1n) is 6.51. The Kier molecular flexibility index (Phi) is 4.43. The summed E-state index contributed by atoms with van der Waals surface area (Å²) in [5.41, 5.74) is 3.22. The molecule has 0 aliphatic rings. The molecule has 0 radical (unpaired) electrons. The van der Waals surface area contributed by atoms with Crippen LogP contribution in [0.5, 0.6) is 5.75 Å². The Labute approximate surface area is 130 Å². The predicted octanol–water partition coefficient (Wildman–Crippen LogP) is 3.98. The number of aromatic nitrogens is 1. The van der Waals surface area contributed by atoms with Crippen LogP contribution >= 0.6 is 20.9 Å². The van der Waals surface area contributed by atoms with Crippen LogP contribution in [-0.2, 0) is 6.54 Å². The van der Waals surface area contributed by atoms with E-state index >= 15 is 0 Å². The van der Waals surface area contributed by atoms with Crippen molar-refractivity contribution in [2.75, 3.05) is 7.11 Å². The first-order valence-corrected chi connectivity index (χ1v) is 8.62. The van der Waals surface area contributed by atoms with Gasteiger partial charge in [0, 0.05) is 16.1 Å². The van der Waals surface area contributed by atoms with E-state index in [4.69, 9.17) is 9.73 Å². The highest BCUT2D eigenvalue weighted by Gasteiger charge is 2.05. The van der Waals surface area contributed by atoms with Gasteiger partial charge in [-0.3, -0.25) is 4.99 Å². The highest BCUT2D eigenvalue weighted by atomic mass is 32.9. The van der Waals surface area contributed by atoms with Crippen LogP contribution in [0.2, 0.25) is 0 Å². The normalized spacial score (nSPS) is 11.6. The van der Waals surface area contributed by atoms with Crippen LogP contribution in [0.4, 0.5) is 0 Å². The Morgan fingerprint density at radius 2 is 1.81 bits per heavy atom. The van der Waals surface area contributed by atoms with Crippen LogP contribution in [0.25, 0.3) is 11.3 Å². The number of hydrogen-bond acceptors (Lipinski definition) is 5. The summed E-state index contributed by atoms with van der Waals surface area (Å²) in [6.07, 6.45) is 0. The van der Waals surface area contributed by atoms with Gasteiger partial charge < -0.3 is 4.74 Å². The third kappa shape index (κ3) is 3.37. The van der Waals surface area contributed by atoms with E-state index in [1.165, 1.54) is 16.1 Å². The quantitative estimate of drug-likeness (QED) is 0.683. The van der Waals surface area contributed by atoms with Crippen molar-refractivity contribution < 1.29 is 4.74 Å². The average molecular weight is 314 g/mol. The number of benzene rings is 2. The fourth-order valence-electron chi connectivity index (χ4n) is 1.94. The number of ether oxygens (including phenoxy) is 1. The highest BCUT2D eigenvalue weighted by molar-refractivity contribution is 7.66. The molecule has 0 unspecified atom stereocenters. The van der Waals surface area contributed by atoms with E-state index < -0.39 is 0 Å². The minimum absolute atomic E-state index is 0.679. The molecule has 0 amide bonds. The Morgan fingerprint density at radius 3 is 2.52 bits per heavy atom. The molecule has 0 saturated heterocycles. The molecule has 0 spiro atoms. The smallest absolute Gasteiger partial charge is 0.150 e. The van der Waals surface area contributed by atoms with Gasteiger partial charge in [0.15, 0.2) is 0 Å². The zero-order valence-corrected chi connectivity index (χ0v) is 13.2. The number of methoxy groups -OCH3 is 1. The molecule has 0 fully saturated rings. The third-order valence-corrected chi connectivity index (χ3v) is 4.79. The molecule has 1 heterocycles. The van der Waals surface area contributed by atoms with E-state index in [1.54, 1.807) is 17.5 Å². The van der Waals surface area contributed by atoms with Crippen molar-refractivity contribution in [3.63, 3.8) is 0 Å². The zero-order chi connectivity index (χ0) is 14.5. The lowest BCUT2D eigenvalue weighted by atomic mass is 10.2. The zero-order valence-electron chi connectivity index (χ0n) is 11.5. The second-order valence-corrected chi connectivity index (χ2v) is 6.27. The fraction of sp³-hybridized carbons (Fsp3) is 0.125. The minimum Gasteiger partial charge on any atom is -0.497 e. The molecule has 21 heavy (non-hydrogen) atoms. The van der Waals surface area contributed by atoms with Gasteiger partial charge in [-0.05, 0) is 40.2 Å². The molecule has 2 aromatic carbocycles. The lowest BCUT2D eigenvalue weighted by Crippen LogP contribution is -2.00. The molecule has 106 valence electrons. The summed E-state index contributed by atoms with van der Waals surface area (Å²) in [4.78, 5) is 4.69. The maximum Gasteiger partial charge on any atom is 0.150 e. The SMILES string of the molecule is COc1ccc(-c2nssc2=NCc2ccccc2)cc1. The Hall–Kier alpha value is -1.98. The summed E-state index contributed by atoms with van der Waals surface area (Å²) in [5, 5.41) is 0. The largest absolute Gasteiger partial charge is 0.497 e. The van der Waals surface area contributed by atoms with Crippen LogP contribution in [0.1, 0.15) is 5.56 Å². The Morgan fingerprint density at radius 1 is 1.05 bits per heavy atom. The topological polar surface area (TPSA) is 34.5 Å². The van der Waals surface area contributed by atoms with Crippen LogP contribution in [0.15, 0.2) is 59.6 Å². The van der Waals surface area contributed by atoms with Crippen LogP contribution in [0, 0.1) is 0 Å². The molecular formula is C16H14N2OS2. The molecular weight excluding hydrogens is 300 g/mol. The average Bonchev–Trinajstić information content (AvgIpc) is 3.02. The van der Waals surface area contributed by atoms with Gasteiger partial charge in [0.25, 0.3) is 0 Å². The van der Waals surface area contributed by atoms with Gasteiger partial charge in [0.1, 0.15) is 16.1 Å². The first-order chi connectivity index (χ1) is 10.4. The third-order valence-electron chi connectivity index (χ3n) is 3.06. The summed E-state index contributed by atoms with van der Waals surface area (Å²) >= 11 is 0. The molecule has 3 rings (SSSR count). The van der Waals surface area contributed by atoms with E-state index in [1.807, 2.05) is 42.5 Å².